The van der Waals surface area contributed by atoms with Crippen LogP contribution < -0.4 is 15.4 Å². The van der Waals surface area contributed by atoms with Gasteiger partial charge in [-0.15, -0.1) is 11.3 Å². The molecule has 0 radical (unpaired) electrons. The van der Waals surface area contributed by atoms with Gasteiger partial charge in [0.2, 0.25) is 11.8 Å². The number of rotatable bonds is 10. The van der Waals surface area contributed by atoms with E-state index < -0.39 is 0 Å². The van der Waals surface area contributed by atoms with Crippen LogP contribution in [0.25, 0.3) is 0 Å². The van der Waals surface area contributed by atoms with E-state index in [1.807, 2.05) is 29.6 Å². The highest BCUT2D eigenvalue weighted by Gasteiger charge is 2.10. The third-order valence-electron chi connectivity index (χ3n) is 4.20. The smallest absolute Gasteiger partial charge is 0.234 e. The molecule has 1 heterocycles. The van der Waals surface area contributed by atoms with Crippen LogP contribution in [0.5, 0.6) is 5.75 Å². The molecule has 0 aliphatic carbocycles. The molecule has 0 atom stereocenters. The number of carbonyl (C=O) groups excluding carboxylic acids is 2. The number of anilines is 1. The molecule has 2 N–H and O–H groups in total. The number of amides is 2. The highest BCUT2D eigenvalue weighted by molar-refractivity contribution is 8.01. The Bertz CT molecular complexity index is 1020. The quantitative estimate of drug-likeness (QED) is 0.449. The number of benzene rings is 2. The molecule has 0 saturated carbocycles. The number of thioether (sulfide) groups is 1. The lowest BCUT2D eigenvalue weighted by molar-refractivity contribution is -0.120. The number of hydrogen-bond acceptors (Lipinski definition) is 6. The second kappa shape index (κ2) is 11.5. The summed E-state index contributed by atoms with van der Waals surface area (Å²) in [6, 6.07) is 13.3. The molecule has 0 aliphatic rings. The summed E-state index contributed by atoms with van der Waals surface area (Å²) in [5, 5.41) is 7.42. The van der Waals surface area contributed by atoms with Crippen LogP contribution in [0.1, 0.15) is 11.3 Å². The van der Waals surface area contributed by atoms with Gasteiger partial charge in [-0.1, -0.05) is 23.9 Å². The van der Waals surface area contributed by atoms with Crippen molar-refractivity contribution in [3.63, 3.8) is 0 Å². The molecule has 3 rings (SSSR count). The molecule has 6 nitrogen and oxygen atoms in total. The zero-order valence-electron chi connectivity index (χ0n) is 16.9. The molecule has 0 aliphatic heterocycles. The summed E-state index contributed by atoms with van der Waals surface area (Å²) in [7, 11) is 1.62. The fourth-order valence-electron chi connectivity index (χ4n) is 2.69. The van der Waals surface area contributed by atoms with Gasteiger partial charge < -0.3 is 15.4 Å². The predicted octanol–water partition coefficient (Wildman–Crippen LogP) is 3.92. The maximum atomic E-state index is 12.9. The van der Waals surface area contributed by atoms with E-state index in [4.69, 9.17) is 4.74 Å². The molecular formula is C22H22FN3O3S2. The summed E-state index contributed by atoms with van der Waals surface area (Å²) in [6.45, 7) is 0.529. The predicted molar refractivity (Wildman–Crippen MR) is 121 cm³/mol. The van der Waals surface area contributed by atoms with Crippen LogP contribution in [-0.2, 0) is 22.4 Å². The topological polar surface area (TPSA) is 80.3 Å². The Morgan fingerprint density at radius 3 is 2.74 bits per heavy atom. The first-order valence-electron chi connectivity index (χ1n) is 9.54. The van der Waals surface area contributed by atoms with E-state index in [9.17, 15) is 14.0 Å². The molecule has 162 valence electrons. The molecule has 3 aromatic rings. The van der Waals surface area contributed by atoms with Gasteiger partial charge in [0.25, 0.3) is 0 Å². The van der Waals surface area contributed by atoms with Crippen molar-refractivity contribution < 1.29 is 18.7 Å². The zero-order chi connectivity index (χ0) is 22.1. The summed E-state index contributed by atoms with van der Waals surface area (Å²) in [6.07, 6.45) is 0.904. The van der Waals surface area contributed by atoms with Crippen LogP contribution in [0.3, 0.4) is 0 Å². The lowest BCUT2D eigenvalue weighted by atomic mass is 10.1. The molecule has 0 spiro atoms. The Kier molecular flexibility index (Phi) is 8.43. The second-order valence-corrected chi connectivity index (χ2v) is 8.66. The van der Waals surface area contributed by atoms with Crippen LogP contribution in [0.2, 0.25) is 0 Å². The number of thiazole rings is 1. The monoisotopic (exact) mass is 459 g/mol. The number of aromatic nitrogens is 1. The molecule has 0 bridgehead atoms. The molecule has 1 aromatic heterocycles. The van der Waals surface area contributed by atoms with Crippen LogP contribution in [0.15, 0.2) is 58.3 Å². The first-order chi connectivity index (χ1) is 15.0. The largest absolute Gasteiger partial charge is 0.497 e. The van der Waals surface area contributed by atoms with Crippen molar-refractivity contribution in [2.75, 3.05) is 24.7 Å². The molecule has 2 amide bonds. The van der Waals surface area contributed by atoms with Crippen molar-refractivity contribution in [1.82, 2.24) is 10.3 Å². The Morgan fingerprint density at radius 2 is 1.97 bits per heavy atom. The second-order valence-electron chi connectivity index (χ2n) is 6.58. The van der Waals surface area contributed by atoms with Gasteiger partial charge in [0.15, 0.2) is 4.34 Å². The van der Waals surface area contributed by atoms with Gasteiger partial charge in [-0.2, -0.15) is 0 Å². The third-order valence-corrected chi connectivity index (χ3v) is 6.27. The molecule has 31 heavy (non-hydrogen) atoms. The number of nitrogens with one attached hydrogen (secondary N) is 2. The van der Waals surface area contributed by atoms with Crippen molar-refractivity contribution in [2.45, 2.75) is 17.2 Å². The van der Waals surface area contributed by atoms with E-state index in [1.54, 1.807) is 7.11 Å². The van der Waals surface area contributed by atoms with Crippen molar-refractivity contribution in [3.05, 3.63) is 71.0 Å². The molecule has 0 saturated heterocycles. The van der Waals surface area contributed by atoms with Gasteiger partial charge in [0, 0.05) is 17.6 Å². The normalized spacial score (nSPS) is 10.5. The SMILES string of the molecule is COc1cccc(CCNC(=O)Cc2csc(SCC(=O)Nc3ccc(F)cc3)n2)c1. The Labute approximate surface area is 188 Å². The van der Waals surface area contributed by atoms with Crippen LogP contribution in [0.4, 0.5) is 10.1 Å². The Hall–Kier alpha value is -2.91. The van der Waals surface area contributed by atoms with E-state index in [0.29, 0.717) is 28.7 Å². The number of methoxy groups -OCH3 is 1. The van der Waals surface area contributed by atoms with Gasteiger partial charge in [-0.05, 0) is 48.4 Å². The van der Waals surface area contributed by atoms with Crippen molar-refractivity contribution in [2.24, 2.45) is 0 Å². The fraction of sp³-hybridized carbons (Fsp3) is 0.227. The number of ether oxygens (including phenoxy) is 1. The zero-order valence-corrected chi connectivity index (χ0v) is 18.5. The molecular weight excluding hydrogens is 437 g/mol. The van der Waals surface area contributed by atoms with E-state index in [2.05, 4.69) is 15.6 Å². The molecule has 0 fully saturated rings. The van der Waals surface area contributed by atoms with Gasteiger partial charge in [0.05, 0.1) is 25.0 Å². The summed E-state index contributed by atoms with van der Waals surface area (Å²) >= 11 is 2.69. The summed E-state index contributed by atoms with van der Waals surface area (Å²) < 4.78 is 18.8. The van der Waals surface area contributed by atoms with Crippen molar-refractivity contribution >= 4 is 40.6 Å². The van der Waals surface area contributed by atoms with Gasteiger partial charge >= 0.3 is 0 Å². The molecule has 0 unspecified atom stereocenters. The van der Waals surface area contributed by atoms with Crippen LogP contribution in [-0.4, -0.2) is 36.2 Å². The maximum Gasteiger partial charge on any atom is 0.234 e. The number of carbonyl (C=O) groups is 2. The maximum absolute atomic E-state index is 12.9. The highest BCUT2D eigenvalue weighted by atomic mass is 32.2. The van der Waals surface area contributed by atoms with Gasteiger partial charge in [0.1, 0.15) is 11.6 Å². The summed E-state index contributed by atoms with van der Waals surface area (Å²) in [4.78, 5) is 28.6. The Balaban J connectivity index is 1.38. The van der Waals surface area contributed by atoms with Crippen LogP contribution >= 0.6 is 23.1 Å². The van der Waals surface area contributed by atoms with Gasteiger partial charge in [-0.3, -0.25) is 9.59 Å². The van der Waals surface area contributed by atoms with Gasteiger partial charge in [-0.25, -0.2) is 9.37 Å². The van der Waals surface area contributed by atoms with E-state index in [1.165, 1.54) is 47.4 Å². The number of hydrogen-bond donors (Lipinski definition) is 2. The third kappa shape index (κ3) is 7.69. The minimum absolute atomic E-state index is 0.0983. The minimum Gasteiger partial charge on any atom is -0.497 e. The van der Waals surface area contributed by atoms with Crippen LogP contribution in [0, 0.1) is 5.82 Å². The number of halogens is 1. The molecule has 2 aromatic carbocycles. The number of nitrogens with zero attached hydrogens (tertiary/aromatic N) is 1. The lowest BCUT2D eigenvalue weighted by Crippen LogP contribution is -2.27. The highest BCUT2D eigenvalue weighted by Crippen LogP contribution is 2.23. The lowest BCUT2D eigenvalue weighted by Gasteiger charge is -2.06. The average molecular weight is 460 g/mol. The minimum atomic E-state index is -0.355. The first kappa shape index (κ1) is 22.8. The average Bonchev–Trinajstić information content (AvgIpc) is 3.21. The fourth-order valence-corrected chi connectivity index (χ4v) is 4.34. The Morgan fingerprint density at radius 1 is 1.16 bits per heavy atom. The van der Waals surface area contributed by atoms with E-state index >= 15 is 0 Å². The summed E-state index contributed by atoms with van der Waals surface area (Å²) in [5.74, 6) is 0.314. The van der Waals surface area contributed by atoms with E-state index in [-0.39, 0.29) is 29.8 Å². The van der Waals surface area contributed by atoms with Crippen molar-refractivity contribution in [1.29, 1.82) is 0 Å². The van der Waals surface area contributed by atoms with Crippen molar-refractivity contribution in [3.8, 4) is 5.75 Å². The van der Waals surface area contributed by atoms with E-state index in [0.717, 1.165) is 11.3 Å². The standard InChI is InChI=1S/C22H22FN3O3S2/c1-29-19-4-2-3-15(11-19)9-10-24-20(27)12-18-13-30-22(26-18)31-14-21(28)25-17-7-5-16(23)6-8-17/h2-8,11,13H,9-10,12,14H2,1H3,(H,24,27)(H,25,28). The first-order valence-corrected chi connectivity index (χ1v) is 11.4. The molecule has 9 heteroatoms. The summed E-state index contributed by atoms with van der Waals surface area (Å²) in [5.41, 5.74) is 2.30.